The van der Waals surface area contributed by atoms with Crippen LogP contribution in [0, 0.1) is 5.92 Å². The van der Waals surface area contributed by atoms with Gasteiger partial charge in [-0.25, -0.2) is 4.79 Å². The van der Waals surface area contributed by atoms with Gasteiger partial charge in [-0.1, -0.05) is 133 Å². The number of hydrogen-bond acceptors (Lipinski definition) is 9. The molecule has 0 spiro atoms. The molecule has 1 aliphatic heterocycles. The fourth-order valence-electron chi connectivity index (χ4n) is 8.15. The zero-order valence-corrected chi connectivity index (χ0v) is 38.9. The number of rotatable bonds is 31. The number of carbonyl (C=O) groups excluding carboxylic acids is 7. The van der Waals surface area contributed by atoms with E-state index in [4.69, 9.17) is 11.5 Å². The highest BCUT2D eigenvalue weighted by Gasteiger charge is 2.38. The Bertz CT molecular complexity index is 1910. The fourth-order valence-corrected chi connectivity index (χ4v) is 8.15. The van der Waals surface area contributed by atoms with E-state index in [1.165, 1.54) is 11.8 Å². The number of aliphatic hydroxyl groups is 1. The summed E-state index contributed by atoms with van der Waals surface area (Å²) in [7, 11) is 0. The quantitative estimate of drug-likeness (QED) is 0.0510. The largest absolute Gasteiger partial charge is 0.480 e. The van der Waals surface area contributed by atoms with Crippen molar-refractivity contribution in [2.75, 3.05) is 0 Å². The molecule has 0 bridgehead atoms. The maximum atomic E-state index is 13.9. The number of amides is 7. The summed E-state index contributed by atoms with van der Waals surface area (Å²) >= 11 is 0. The topological polar surface area (TPSA) is 280 Å². The van der Waals surface area contributed by atoms with Crippen LogP contribution in [-0.4, -0.2) is 98.7 Å². The first-order valence-corrected chi connectivity index (χ1v) is 23.6. The molecule has 7 amide bonds. The van der Waals surface area contributed by atoms with E-state index in [1.54, 1.807) is 30.3 Å². The van der Waals surface area contributed by atoms with Gasteiger partial charge in [0, 0.05) is 32.2 Å². The van der Waals surface area contributed by atoms with Crippen LogP contribution in [0.2, 0.25) is 0 Å². The van der Waals surface area contributed by atoms with Gasteiger partial charge in [0.2, 0.25) is 41.4 Å². The van der Waals surface area contributed by atoms with E-state index in [9.17, 15) is 48.6 Å². The zero-order valence-electron chi connectivity index (χ0n) is 38.9. The first kappa shape index (κ1) is 54.5. The molecule has 1 unspecified atom stereocenters. The molecule has 3 rings (SSSR count). The number of nitrogens with two attached hydrogens (primary N) is 2. The Labute approximate surface area is 389 Å². The minimum atomic E-state index is -1.28. The number of aliphatic carboxylic acids is 1. The van der Waals surface area contributed by atoms with Gasteiger partial charge in [0.1, 0.15) is 30.2 Å². The first-order chi connectivity index (χ1) is 31.5. The molecule has 17 heteroatoms. The van der Waals surface area contributed by atoms with Crippen molar-refractivity contribution in [2.45, 2.75) is 179 Å². The Hall–Kier alpha value is -5.84. The van der Waals surface area contributed by atoms with Crippen molar-refractivity contribution in [3.63, 3.8) is 0 Å². The van der Waals surface area contributed by atoms with E-state index in [1.807, 2.05) is 38.1 Å². The van der Waals surface area contributed by atoms with Crippen molar-refractivity contribution in [3.05, 3.63) is 71.3 Å². The Morgan fingerprint density at radius 2 is 1.14 bits per heavy atom. The third kappa shape index (κ3) is 19.7. The predicted octanol–water partition coefficient (Wildman–Crippen LogP) is 3.46. The molecule has 0 fully saturated rings. The average molecular weight is 920 g/mol. The monoisotopic (exact) mass is 920 g/mol. The number of aliphatic hydroxyl groups excluding tert-OH is 1. The lowest BCUT2D eigenvalue weighted by Gasteiger charge is -2.38. The number of carboxylic acids is 1. The van der Waals surface area contributed by atoms with E-state index in [-0.39, 0.29) is 50.5 Å². The highest BCUT2D eigenvalue weighted by molar-refractivity contribution is 5.95. The summed E-state index contributed by atoms with van der Waals surface area (Å²) in [5.74, 6) is -5.37. The molecular formula is C49H73N7O10. The molecule has 66 heavy (non-hydrogen) atoms. The van der Waals surface area contributed by atoms with Crippen molar-refractivity contribution in [1.29, 1.82) is 0 Å². The first-order valence-electron chi connectivity index (χ1n) is 23.6. The van der Waals surface area contributed by atoms with Crippen LogP contribution in [0.3, 0.4) is 0 Å². The van der Waals surface area contributed by atoms with Crippen molar-refractivity contribution >= 4 is 47.3 Å². The number of carbonyl (C=O) groups is 8. The van der Waals surface area contributed by atoms with E-state index < -0.39 is 84.1 Å². The van der Waals surface area contributed by atoms with Crippen LogP contribution in [-0.2, 0) is 57.7 Å². The molecule has 0 saturated carbocycles. The predicted molar refractivity (Wildman–Crippen MR) is 249 cm³/mol. The van der Waals surface area contributed by atoms with Gasteiger partial charge < -0.3 is 47.8 Å². The maximum Gasteiger partial charge on any atom is 0.326 e. The number of carboxylic acid groups (broad SMARTS) is 1. The molecule has 364 valence electrons. The molecule has 17 nitrogen and oxygen atoms in total. The molecule has 1 heterocycles. The van der Waals surface area contributed by atoms with Gasteiger partial charge in [0.25, 0.3) is 0 Å². The second-order valence-corrected chi connectivity index (χ2v) is 18.0. The van der Waals surface area contributed by atoms with Gasteiger partial charge in [-0.05, 0) is 48.8 Å². The summed E-state index contributed by atoms with van der Waals surface area (Å²) in [5.41, 5.74) is 13.6. The molecule has 0 radical (unpaired) electrons. The standard InChI is InChI=1S/C49H73N7O10/c1-32(2)27-38(48(64)56-31-36-24-20-19-23-35(36)29-40(56)45(51)61)53-47(63)44(33(3)57)55-43(60)26-18-13-11-9-7-5-4-6-8-10-12-17-25-42(59)52-37(30-41(50)58)46(62)54-39(49(65)66)28-34-21-15-14-16-22-34/h14-16,19-24,32-33,37-40,44,57H,4-13,17-18,25-31H2,1-3H3,(H2,50,58)(H2,51,61)(H,52,59)(H,53,63)(H,54,62)(H,55,60)(H,65,66)/t33-,37+,38+,39+,40?,44+/m1/s1. The second-order valence-electron chi connectivity index (χ2n) is 18.0. The van der Waals surface area contributed by atoms with Crippen molar-refractivity contribution in [3.8, 4) is 0 Å². The summed E-state index contributed by atoms with van der Waals surface area (Å²) in [6.45, 7) is 5.39. The minimum Gasteiger partial charge on any atom is -0.480 e. The fraction of sp³-hybridized carbons (Fsp3) is 0.592. The Balaban J connectivity index is 1.28. The second kappa shape index (κ2) is 28.9. The molecule has 2 aromatic rings. The number of nitrogens with zero attached hydrogens (tertiary/aromatic N) is 1. The number of benzene rings is 2. The zero-order chi connectivity index (χ0) is 48.6. The Kier molecular flexibility index (Phi) is 23.9. The molecule has 6 atom stereocenters. The SMILES string of the molecule is CC(C)C[C@H](NC(=O)[C@@H](NC(=O)CCCCCCCCCCCCCCC(=O)N[C@@H](CC(N)=O)C(=O)N[C@@H](Cc1ccccc1)C(=O)O)[C@@H](C)O)C(=O)N1Cc2ccccc2CC1C(N)=O. The van der Waals surface area contributed by atoms with Crippen LogP contribution < -0.4 is 32.7 Å². The van der Waals surface area contributed by atoms with Gasteiger partial charge in [0.15, 0.2) is 0 Å². The van der Waals surface area contributed by atoms with E-state index in [0.717, 1.165) is 75.3 Å². The Morgan fingerprint density at radius 1 is 0.636 bits per heavy atom. The van der Waals surface area contributed by atoms with Crippen molar-refractivity contribution < 1.29 is 48.6 Å². The number of primary amides is 2. The third-order valence-corrected chi connectivity index (χ3v) is 11.8. The van der Waals surface area contributed by atoms with Gasteiger partial charge in [-0.15, -0.1) is 0 Å². The summed E-state index contributed by atoms with van der Waals surface area (Å²) in [4.78, 5) is 103. The maximum absolute atomic E-state index is 13.9. The van der Waals surface area contributed by atoms with Crippen LogP contribution in [0.25, 0.3) is 0 Å². The molecule has 10 N–H and O–H groups in total. The van der Waals surface area contributed by atoms with Crippen molar-refractivity contribution in [2.24, 2.45) is 17.4 Å². The smallest absolute Gasteiger partial charge is 0.326 e. The molecule has 0 saturated heterocycles. The van der Waals surface area contributed by atoms with Gasteiger partial charge in [0.05, 0.1) is 12.5 Å². The van der Waals surface area contributed by atoms with Crippen LogP contribution in [0.4, 0.5) is 0 Å². The van der Waals surface area contributed by atoms with Crippen LogP contribution in [0.1, 0.15) is 140 Å². The summed E-state index contributed by atoms with van der Waals surface area (Å²) in [6, 6.07) is 10.6. The number of unbranched alkanes of at least 4 members (excludes halogenated alkanes) is 11. The lowest BCUT2D eigenvalue weighted by molar-refractivity contribution is -0.144. The molecule has 0 aliphatic carbocycles. The molecule has 2 aromatic carbocycles. The number of nitrogens with one attached hydrogen (secondary N) is 4. The molecule has 0 aromatic heterocycles. The van der Waals surface area contributed by atoms with Gasteiger partial charge in [-0.2, -0.15) is 0 Å². The van der Waals surface area contributed by atoms with Crippen LogP contribution >= 0.6 is 0 Å². The minimum absolute atomic E-state index is 0.00598. The average Bonchev–Trinajstić information content (AvgIpc) is 3.26. The lowest BCUT2D eigenvalue weighted by atomic mass is 9.92. The van der Waals surface area contributed by atoms with Gasteiger partial charge >= 0.3 is 5.97 Å². The van der Waals surface area contributed by atoms with E-state index >= 15 is 0 Å². The van der Waals surface area contributed by atoms with E-state index in [2.05, 4.69) is 21.3 Å². The summed E-state index contributed by atoms with van der Waals surface area (Å²) in [5, 5.41) is 30.5. The number of fused-ring (bicyclic) bond motifs is 1. The summed E-state index contributed by atoms with van der Waals surface area (Å²) < 4.78 is 0. The van der Waals surface area contributed by atoms with Crippen LogP contribution in [0.5, 0.6) is 0 Å². The van der Waals surface area contributed by atoms with E-state index in [0.29, 0.717) is 18.4 Å². The highest BCUT2D eigenvalue weighted by atomic mass is 16.4. The highest BCUT2D eigenvalue weighted by Crippen LogP contribution is 2.25. The lowest BCUT2D eigenvalue weighted by Crippen LogP contribution is -2.60. The Morgan fingerprint density at radius 3 is 1.64 bits per heavy atom. The van der Waals surface area contributed by atoms with Gasteiger partial charge in [-0.3, -0.25) is 33.6 Å². The molecular weight excluding hydrogens is 847 g/mol. The van der Waals surface area contributed by atoms with Crippen LogP contribution in [0.15, 0.2) is 54.6 Å². The normalized spacial score (nSPS) is 15.6. The molecule has 1 aliphatic rings. The van der Waals surface area contributed by atoms with Crippen molar-refractivity contribution in [1.82, 2.24) is 26.2 Å². The number of hydrogen-bond donors (Lipinski definition) is 8. The summed E-state index contributed by atoms with van der Waals surface area (Å²) in [6.07, 6.45) is 10.4. The third-order valence-electron chi connectivity index (χ3n) is 11.8.